The molecule has 0 aliphatic carbocycles. The van der Waals surface area contributed by atoms with Crippen molar-refractivity contribution in [3.05, 3.63) is 59.2 Å². The second-order valence-corrected chi connectivity index (χ2v) is 8.51. The topological polar surface area (TPSA) is 78.5 Å². The van der Waals surface area contributed by atoms with Crippen LogP contribution in [0, 0.1) is 0 Å². The molecule has 1 aliphatic rings. The first-order valence-corrected chi connectivity index (χ1v) is 9.97. The van der Waals surface area contributed by atoms with Crippen molar-refractivity contribution >= 4 is 21.6 Å². The van der Waals surface area contributed by atoms with Gasteiger partial charge in [-0.05, 0) is 55.4 Å². The highest BCUT2D eigenvalue weighted by molar-refractivity contribution is 7.89. The second-order valence-electron chi connectivity index (χ2n) is 6.75. The lowest BCUT2D eigenvalue weighted by Crippen LogP contribution is -2.24. The second kappa shape index (κ2) is 7.57. The highest BCUT2D eigenvalue weighted by atomic mass is 32.2. The van der Waals surface area contributed by atoms with Crippen LogP contribution >= 0.6 is 0 Å². The van der Waals surface area contributed by atoms with E-state index in [9.17, 15) is 13.2 Å². The lowest BCUT2D eigenvalue weighted by Gasteiger charge is -2.17. The van der Waals surface area contributed by atoms with Gasteiger partial charge in [0.1, 0.15) is 0 Å². The number of sulfonamides is 1. The smallest absolute Gasteiger partial charge is 0.240 e. The molecule has 7 heteroatoms. The first-order chi connectivity index (χ1) is 12.3. The molecule has 0 spiro atoms. The van der Waals surface area contributed by atoms with Crippen LogP contribution in [0.3, 0.4) is 0 Å². The molecule has 0 radical (unpaired) electrons. The molecule has 2 aromatic rings. The number of nitrogens with zero attached hydrogens (tertiary/aromatic N) is 1. The summed E-state index contributed by atoms with van der Waals surface area (Å²) in [6, 6.07) is 12.7. The Kier molecular flexibility index (Phi) is 5.41. The van der Waals surface area contributed by atoms with Gasteiger partial charge in [-0.1, -0.05) is 24.3 Å². The minimum atomic E-state index is -3.61. The van der Waals surface area contributed by atoms with Gasteiger partial charge in [-0.3, -0.25) is 4.79 Å². The van der Waals surface area contributed by atoms with Crippen molar-refractivity contribution in [3.63, 3.8) is 0 Å². The maximum Gasteiger partial charge on any atom is 0.240 e. The molecule has 3 rings (SSSR count). The summed E-state index contributed by atoms with van der Waals surface area (Å²) in [6.07, 6.45) is 0.932. The Morgan fingerprint density at radius 3 is 2.42 bits per heavy atom. The quantitative estimate of drug-likeness (QED) is 0.813. The summed E-state index contributed by atoms with van der Waals surface area (Å²) in [5.41, 5.74) is 3.62. The highest BCUT2D eigenvalue weighted by Gasteiger charge is 2.19. The number of nitrogens with one attached hydrogen (secondary N) is 2. The van der Waals surface area contributed by atoms with Gasteiger partial charge in [-0.2, -0.15) is 0 Å². The van der Waals surface area contributed by atoms with E-state index in [1.165, 1.54) is 11.6 Å². The van der Waals surface area contributed by atoms with Gasteiger partial charge in [0.2, 0.25) is 15.9 Å². The van der Waals surface area contributed by atoms with Crippen LogP contribution in [0.15, 0.2) is 47.4 Å². The van der Waals surface area contributed by atoms with E-state index < -0.39 is 10.0 Å². The first kappa shape index (κ1) is 18.6. The molecule has 0 fully saturated rings. The summed E-state index contributed by atoms with van der Waals surface area (Å²) < 4.78 is 27.8. The van der Waals surface area contributed by atoms with E-state index in [1.54, 1.807) is 12.1 Å². The van der Waals surface area contributed by atoms with Crippen molar-refractivity contribution < 1.29 is 13.2 Å². The van der Waals surface area contributed by atoms with Crippen molar-refractivity contribution in [1.82, 2.24) is 9.62 Å². The Morgan fingerprint density at radius 1 is 1.04 bits per heavy atom. The van der Waals surface area contributed by atoms with Crippen LogP contribution in [0.1, 0.15) is 23.1 Å². The Morgan fingerprint density at radius 2 is 1.73 bits per heavy atom. The van der Waals surface area contributed by atoms with Gasteiger partial charge in [0.05, 0.1) is 4.90 Å². The van der Waals surface area contributed by atoms with Crippen LogP contribution < -0.4 is 10.0 Å². The maximum atomic E-state index is 12.6. The maximum absolute atomic E-state index is 12.6. The molecule has 0 atom stereocenters. The normalized spacial score (nSPS) is 14.2. The largest absolute Gasteiger partial charge is 0.326 e. The minimum Gasteiger partial charge on any atom is -0.326 e. The van der Waals surface area contributed by atoms with E-state index in [1.807, 2.05) is 38.4 Å². The third-order valence-electron chi connectivity index (χ3n) is 4.27. The Labute approximate surface area is 154 Å². The Bertz CT molecular complexity index is 906. The molecule has 0 aromatic heterocycles. The van der Waals surface area contributed by atoms with Crippen molar-refractivity contribution in [2.45, 2.75) is 30.8 Å². The monoisotopic (exact) mass is 373 g/mol. The zero-order valence-electron chi connectivity index (χ0n) is 15.0. The van der Waals surface area contributed by atoms with Crippen LogP contribution in [-0.4, -0.2) is 33.3 Å². The zero-order valence-corrected chi connectivity index (χ0v) is 15.8. The lowest BCUT2D eigenvalue weighted by atomic mass is 10.0. The summed E-state index contributed by atoms with van der Waals surface area (Å²) in [6.45, 7) is 1.08. The molecular formula is C19H23N3O3S. The predicted octanol–water partition coefficient (Wildman–Crippen LogP) is 2.11. The summed E-state index contributed by atoms with van der Waals surface area (Å²) in [4.78, 5) is 13.7. The molecule has 2 aromatic carbocycles. The van der Waals surface area contributed by atoms with Gasteiger partial charge in [0.25, 0.3) is 0 Å². The molecule has 0 bridgehead atoms. The number of fused-ring (bicyclic) bond motifs is 1. The standard InChI is InChI=1S/C19H23N3O3S/c1-22(2)13-15-5-3-14(4-6-15)12-20-26(24,25)17-8-9-18-16(11-17)7-10-19(23)21-18/h3-6,8-9,11,20H,7,10,12-13H2,1-2H3,(H,21,23). The molecule has 138 valence electrons. The molecule has 0 saturated carbocycles. The van der Waals surface area contributed by atoms with Crippen LogP contribution in [0.4, 0.5) is 5.69 Å². The molecule has 2 N–H and O–H groups in total. The Balaban J connectivity index is 1.68. The molecule has 0 unspecified atom stereocenters. The summed E-state index contributed by atoms with van der Waals surface area (Å²) in [5.74, 6) is -0.0380. The molecule has 0 saturated heterocycles. The SMILES string of the molecule is CN(C)Cc1ccc(CNS(=O)(=O)c2ccc3c(c2)CCC(=O)N3)cc1. The van der Waals surface area contributed by atoms with Crippen molar-refractivity contribution in [2.75, 3.05) is 19.4 Å². The lowest BCUT2D eigenvalue weighted by molar-refractivity contribution is -0.116. The predicted molar refractivity (Wildman–Crippen MR) is 101 cm³/mol. The van der Waals surface area contributed by atoms with Crippen LogP contribution in [0.2, 0.25) is 0 Å². The van der Waals surface area contributed by atoms with Crippen molar-refractivity contribution in [1.29, 1.82) is 0 Å². The van der Waals surface area contributed by atoms with Gasteiger partial charge in [-0.25, -0.2) is 13.1 Å². The molecular weight excluding hydrogens is 350 g/mol. The summed E-state index contributed by atoms with van der Waals surface area (Å²) >= 11 is 0. The minimum absolute atomic E-state index is 0.0380. The van der Waals surface area contributed by atoms with Crippen molar-refractivity contribution in [2.24, 2.45) is 0 Å². The fraction of sp³-hybridized carbons (Fsp3) is 0.316. The van der Waals surface area contributed by atoms with Gasteiger partial charge in [-0.15, -0.1) is 0 Å². The number of anilines is 1. The number of carbonyl (C=O) groups is 1. The summed E-state index contributed by atoms with van der Waals surface area (Å²) in [5, 5.41) is 2.76. The fourth-order valence-electron chi connectivity index (χ4n) is 2.92. The molecule has 1 aliphatic heterocycles. The van der Waals surface area contributed by atoms with E-state index in [0.29, 0.717) is 18.5 Å². The van der Waals surface area contributed by atoms with E-state index in [-0.39, 0.29) is 17.3 Å². The number of aryl methyl sites for hydroxylation is 1. The van der Waals surface area contributed by atoms with Crippen LogP contribution in [0.5, 0.6) is 0 Å². The summed E-state index contributed by atoms with van der Waals surface area (Å²) in [7, 11) is 0.406. The third kappa shape index (κ3) is 4.49. The average molecular weight is 373 g/mol. The number of rotatable bonds is 6. The highest BCUT2D eigenvalue weighted by Crippen LogP contribution is 2.25. The first-order valence-electron chi connectivity index (χ1n) is 8.48. The number of carbonyl (C=O) groups excluding carboxylic acids is 1. The number of hydrogen-bond acceptors (Lipinski definition) is 4. The number of hydrogen-bond donors (Lipinski definition) is 2. The van der Waals surface area contributed by atoms with Crippen LogP contribution in [-0.2, 0) is 34.3 Å². The molecule has 6 nitrogen and oxygen atoms in total. The molecule has 1 amide bonds. The van der Waals surface area contributed by atoms with E-state index >= 15 is 0 Å². The molecule has 1 heterocycles. The van der Waals surface area contributed by atoms with E-state index in [0.717, 1.165) is 17.7 Å². The Hall–Kier alpha value is -2.22. The van der Waals surface area contributed by atoms with Gasteiger partial charge < -0.3 is 10.2 Å². The molecule has 26 heavy (non-hydrogen) atoms. The van der Waals surface area contributed by atoms with Crippen LogP contribution in [0.25, 0.3) is 0 Å². The van der Waals surface area contributed by atoms with Gasteiger partial charge in [0, 0.05) is 25.2 Å². The number of amides is 1. The van der Waals surface area contributed by atoms with Crippen molar-refractivity contribution in [3.8, 4) is 0 Å². The third-order valence-corrected chi connectivity index (χ3v) is 5.67. The average Bonchev–Trinajstić information content (AvgIpc) is 2.60. The fourth-order valence-corrected chi connectivity index (χ4v) is 3.98. The van der Waals surface area contributed by atoms with E-state index in [4.69, 9.17) is 0 Å². The zero-order chi connectivity index (χ0) is 18.7. The number of benzene rings is 2. The van der Waals surface area contributed by atoms with Gasteiger partial charge >= 0.3 is 0 Å². The van der Waals surface area contributed by atoms with E-state index in [2.05, 4.69) is 14.9 Å². The van der Waals surface area contributed by atoms with Gasteiger partial charge in [0.15, 0.2) is 0 Å².